The van der Waals surface area contributed by atoms with E-state index in [9.17, 15) is 4.79 Å². The van der Waals surface area contributed by atoms with E-state index in [2.05, 4.69) is 38.3 Å². The van der Waals surface area contributed by atoms with Crippen LogP contribution in [0.3, 0.4) is 0 Å². The maximum absolute atomic E-state index is 11.7. The van der Waals surface area contributed by atoms with Crippen LogP contribution in [0.4, 0.5) is 0 Å². The van der Waals surface area contributed by atoms with E-state index in [1.54, 1.807) is 11.8 Å². The maximum atomic E-state index is 11.7. The Morgan fingerprint density at radius 1 is 1.24 bits per heavy atom. The molecule has 1 aromatic carbocycles. The van der Waals surface area contributed by atoms with Gasteiger partial charge in [-0.05, 0) is 56.6 Å². The van der Waals surface area contributed by atoms with Gasteiger partial charge in [0, 0.05) is 16.8 Å². The molecule has 1 aliphatic heterocycles. The minimum Gasteiger partial charge on any atom is -0.355 e. The second-order valence-corrected chi connectivity index (χ2v) is 7.27. The molecule has 0 atom stereocenters. The Balaban J connectivity index is 1.50. The summed E-state index contributed by atoms with van der Waals surface area (Å²) >= 11 is 5.09. The van der Waals surface area contributed by atoms with Crippen molar-refractivity contribution in [3.8, 4) is 0 Å². The molecule has 0 unspecified atom stereocenters. The van der Waals surface area contributed by atoms with Crippen molar-refractivity contribution in [3.05, 3.63) is 34.3 Å². The number of rotatable bonds is 8. The molecule has 0 aliphatic carbocycles. The van der Waals surface area contributed by atoms with Gasteiger partial charge in [0.2, 0.25) is 5.91 Å². The molecule has 0 radical (unpaired) electrons. The van der Waals surface area contributed by atoms with Crippen molar-refractivity contribution < 1.29 is 4.79 Å². The number of nitrogens with zero attached hydrogens (tertiary/aromatic N) is 1. The van der Waals surface area contributed by atoms with E-state index in [4.69, 9.17) is 0 Å². The summed E-state index contributed by atoms with van der Waals surface area (Å²) in [6, 6.07) is 8.25. The first-order valence-corrected chi connectivity index (χ1v) is 9.50. The number of benzene rings is 1. The van der Waals surface area contributed by atoms with Gasteiger partial charge in [-0.1, -0.05) is 28.1 Å². The summed E-state index contributed by atoms with van der Waals surface area (Å²) in [6.45, 7) is 4.38. The number of carbonyl (C=O) groups is 1. The minimum absolute atomic E-state index is 0.151. The molecule has 0 aromatic heterocycles. The van der Waals surface area contributed by atoms with Crippen molar-refractivity contribution in [2.75, 3.05) is 31.9 Å². The van der Waals surface area contributed by atoms with Crippen molar-refractivity contribution in [3.63, 3.8) is 0 Å². The minimum atomic E-state index is 0.151. The van der Waals surface area contributed by atoms with Crippen molar-refractivity contribution in [1.29, 1.82) is 0 Å². The van der Waals surface area contributed by atoms with Gasteiger partial charge in [-0.3, -0.25) is 4.79 Å². The van der Waals surface area contributed by atoms with Gasteiger partial charge in [-0.25, -0.2) is 0 Å². The topological polar surface area (TPSA) is 32.3 Å². The Bertz CT molecular complexity index is 432. The molecule has 1 aromatic rings. The molecular formula is C16H23BrN2OS. The average Bonchev–Trinajstić information content (AvgIpc) is 2.99. The zero-order valence-electron chi connectivity index (χ0n) is 12.3. The van der Waals surface area contributed by atoms with E-state index in [1.165, 1.54) is 31.5 Å². The number of likely N-dealkylation sites (tertiary alicyclic amines) is 1. The molecule has 0 bridgehead atoms. The van der Waals surface area contributed by atoms with E-state index >= 15 is 0 Å². The normalized spacial score (nSPS) is 15.3. The predicted molar refractivity (Wildman–Crippen MR) is 93.6 cm³/mol. The molecular weight excluding hydrogens is 348 g/mol. The van der Waals surface area contributed by atoms with Crippen LogP contribution in [0.5, 0.6) is 0 Å². The van der Waals surface area contributed by atoms with Gasteiger partial charge < -0.3 is 10.2 Å². The van der Waals surface area contributed by atoms with Crippen LogP contribution < -0.4 is 5.32 Å². The van der Waals surface area contributed by atoms with Crippen LogP contribution in [0, 0.1) is 0 Å². The SMILES string of the molecule is O=C(CSCc1ccc(Br)cc1)NCCCN1CCCC1. The Labute approximate surface area is 140 Å². The van der Waals surface area contributed by atoms with Crippen LogP contribution in [-0.4, -0.2) is 42.7 Å². The zero-order chi connectivity index (χ0) is 14.9. The molecule has 21 heavy (non-hydrogen) atoms. The third-order valence-electron chi connectivity index (χ3n) is 3.59. The van der Waals surface area contributed by atoms with Gasteiger partial charge in [-0.15, -0.1) is 11.8 Å². The number of amides is 1. The number of hydrogen-bond acceptors (Lipinski definition) is 3. The molecule has 1 saturated heterocycles. The fraction of sp³-hybridized carbons (Fsp3) is 0.562. The second-order valence-electron chi connectivity index (χ2n) is 5.37. The third kappa shape index (κ3) is 6.85. The lowest BCUT2D eigenvalue weighted by atomic mass is 10.2. The fourth-order valence-corrected chi connectivity index (χ4v) is 3.51. The van der Waals surface area contributed by atoms with Crippen LogP contribution in [0.1, 0.15) is 24.8 Å². The van der Waals surface area contributed by atoms with Crippen LogP contribution >= 0.6 is 27.7 Å². The second kappa shape index (κ2) is 9.49. The Morgan fingerprint density at radius 3 is 2.67 bits per heavy atom. The number of carbonyl (C=O) groups excluding carboxylic acids is 1. The summed E-state index contributed by atoms with van der Waals surface area (Å²) in [7, 11) is 0. The number of hydrogen-bond donors (Lipinski definition) is 1. The smallest absolute Gasteiger partial charge is 0.230 e. The van der Waals surface area contributed by atoms with Crippen molar-refractivity contribution >= 4 is 33.6 Å². The van der Waals surface area contributed by atoms with Crippen LogP contribution in [0.25, 0.3) is 0 Å². The van der Waals surface area contributed by atoms with Gasteiger partial charge in [0.05, 0.1) is 5.75 Å². The average molecular weight is 371 g/mol. The van der Waals surface area contributed by atoms with Crippen molar-refractivity contribution in [2.24, 2.45) is 0 Å². The van der Waals surface area contributed by atoms with Gasteiger partial charge in [0.1, 0.15) is 0 Å². The van der Waals surface area contributed by atoms with E-state index in [0.717, 1.165) is 29.7 Å². The molecule has 5 heteroatoms. The lowest BCUT2D eigenvalue weighted by Crippen LogP contribution is -2.29. The lowest BCUT2D eigenvalue weighted by molar-refractivity contribution is -0.118. The summed E-state index contributed by atoms with van der Waals surface area (Å²) in [6.07, 6.45) is 3.72. The highest BCUT2D eigenvalue weighted by Gasteiger charge is 2.10. The quantitative estimate of drug-likeness (QED) is 0.712. The predicted octanol–water partition coefficient (Wildman–Crippen LogP) is 3.28. The van der Waals surface area contributed by atoms with Gasteiger partial charge in [0.25, 0.3) is 0 Å². The molecule has 3 nitrogen and oxygen atoms in total. The van der Waals surface area contributed by atoms with Gasteiger partial charge in [0.15, 0.2) is 0 Å². The molecule has 1 heterocycles. The highest BCUT2D eigenvalue weighted by Crippen LogP contribution is 2.15. The largest absolute Gasteiger partial charge is 0.355 e. The Kier molecular flexibility index (Phi) is 7.61. The van der Waals surface area contributed by atoms with Gasteiger partial charge in [-0.2, -0.15) is 0 Å². The van der Waals surface area contributed by atoms with Crippen LogP contribution in [0.15, 0.2) is 28.7 Å². The lowest BCUT2D eigenvalue weighted by Gasteiger charge is -2.14. The summed E-state index contributed by atoms with van der Waals surface area (Å²) in [5, 5.41) is 3.01. The molecule has 0 saturated carbocycles. The van der Waals surface area contributed by atoms with E-state index in [-0.39, 0.29) is 5.91 Å². The molecule has 1 N–H and O–H groups in total. The Hall–Kier alpha value is -0.520. The summed E-state index contributed by atoms with van der Waals surface area (Å²) in [5.41, 5.74) is 1.25. The summed E-state index contributed by atoms with van der Waals surface area (Å²) in [5.74, 6) is 1.58. The molecule has 116 valence electrons. The van der Waals surface area contributed by atoms with E-state index in [1.807, 2.05) is 12.1 Å². The monoisotopic (exact) mass is 370 g/mol. The Morgan fingerprint density at radius 2 is 1.95 bits per heavy atom. The molecule has 0 spiro atoms. The van der Waals surface area contributed by atoms with Crippen LogP contribution in [-0.2, 0) is 10.5 Å². The molecule has 1 fully saturated rings. The van der Waals surface area contributed by atoms with Gasteiger partial charge >= 0.3 is 0 Å². The first kappa shape index (κ1) is 16.8. The highest BCUT2D eigenvalue weighted by molar-refractivity contribution is 9.10. The first-order valence-electron chi connectivity index (χ1n) is 7.55. The summed E-state index contributed by atoms with van der Waals surface area (Å²) in [4.78, 5) is 14.2. The highest BCUT2D eigenvalue weighted by atomic mass is 79.9. The summed E-state index contributed by atoms with van der Waals surface area (Å²) < 4.78 is 1.09. The van der Waals surface area contributed by atoms with E-state index in [0.29, 0.717) is 5.75 Å². The maximum Gasteiger partial charge on any atom is 0.230 e. The molecule has 1 amide bonds. The first-order chi connectivity index (χ1) is 10.2. The fourth-order valence-electron chi connectivity index (χ4n) is 2.43. The molecule has 1 aliphatic rings. The number of thioether (sulfide) groups is 1. The third-order valence-corrected chi connectivity index (χ3v) is 5.12. The van der Waals surface area contributed by atoms with Crippen molar-refractivity contribution in [2.45, 2.75) is 25.0 Å². The number of halogens is 1. The number of nitrogens with one attached hydrogen (secondary N) is 1. The molecule has 2 rings (SSSR count). The van der Waals surface area contributed by atoms with Crippen molar-refractivity contribution in [1.82, 2.24) is 10.2 Å². The van der Waals surface area contributed by atoms with Crippen LogP contribution in [0.2, 0.25) is 0 Å². The zero-order valence-corrected chi connectivity index (χ0v) is 14.7. The van der Waals surface area contributed by atoms with E-state index < -0.39 is 0 Å². The standard InChI is InChI=1S/C16H23BrN2OS/c17-15-6-4-14(5-7-15)12-21-13-16(20)18-8-3-11-19-9-1-2-10-19/h4-7H,1-3,8-13H2,(H,18,20).